The molecule has 1 rings (SSSR count). The maximum absolute atomic E-state index is 5.84. The van der Waals surface area contributed by atoms with Crippen LogP contribution in [-0.4, -0.2) is 6.17 Å². The molecule has 0 saturated heterocycles. The third kappa shape index (κ3) is 1.69. The van der Waals surface area contributed by atoms with Gasteiger partial charge in [-0.25, -0.2) is 0 Å². The van der Waals surface area contributed by atoms with Crippen LogP contribution in [0.3, 0.4) is 0 Å². The molecule has 2 atom stereocenters. The van der Waals surface area contributed by atoms with E-state index in [2.05, 4.69) is 13.2 Å². The summed E-state index contributed by atoms with van der Waals surface area (Å²) >= 11 is 0. The zero-order valence-corrected chi connectivity index (χ0v) is 8.21. The zero-order valence-electron chi connectivity index (χ0n) is 8.21. The summed E-state index contributed by atoms with van der Waals surface area (Å²) in [5.41, 5.74) is 11.6. The van der Waals surface area contributed by atoms with E-state index in [-0.39, 0.29) is 11.6 Å². The molecule has 0 amide bonds. The fourth-order valence-electron chi connectivity index (χ4n) is 2.39. The summed E-state index contributed by atoms with van der Waals surface area (Å²) < 4.78 is 0. The van der Waals surface area contributed by atoms with Crippen LogP contribution < -0.4 is 11.5 Å². The molecule has 0 aliphatic heterocycles. The van der Waals surface area contributed by atoms with E-state index >= 15 is 0 Å². The molecule has 1 aliphatic carbocycles. The highest BCUT2D eigenvalue weighted by Crippen LogP contribution is 2.43. The van der Waals surface area contributed by atoms with Gasteiger partial charge in [-0.1, -0.05) is 25.0 Å². The zero-order chi connectivity index (χ0) is 9.90. The molecule has 0 heterocycles. The molecule has 1 saturated carbocycles. The van der Waals surface area contributed by atoms with Crippen molar-refractivity contribution in [3.05, 3.63) is 25.3 Å². The van der Waals surface area contributed by atoms with Crippen LogP contribution in [0.1, 0.15) is 25.7 Å². The van der Waals surface area contributed by atoms with E-state index in [4.69, 9.17) is 11.5 Å². The Morgan fingerprint density at radius 3 is 2.38 bits per heavy atom. The molecule has 2 heteroatoms. The third-order valence-corrected chi connectivity index (χ3v) is 3.35. The van der Waals surface area contributed by atoms with Crippen LogP contribution >= 0.6 is 0 Å². The lowest BCUT2D eigenvalue weighted by molar-refractivity contribution is 0.153. The molecule has 0 radical (unpaired) electrons. The Labute approximate surface area is 80.7 Å². The lowest BCUT2D eigenvalue weighted by Crippen LogP contribution is -2.52. The summed E-state index contributed by atoms with van der Waals surface area (Å²) in [6, 6.07) is 0. The van der Waals surface area contributed by atoms with Crippen LogP contribution in [0.5, 0.6) is 0 Å². The fourth-order valence-corrected chi connectivity index (χ4v) is 2.39. The monoisotopic (exact) mass is 180 g/mol. The van der Waals surface area contributed by atoms with E-state index in [1.807, 2.05) is 12.2 Å². The molecule has 13 heavy (non-hydrogen) atoms. The van der Waals surface area contributed by atoms with E-state index in [1.165, 1.54) is 12.8 Å². The molecule has 0 aromatic rings. The molecule has 74 valence electrons. The minimum Gasteiger partial charge on any atom is -0.315 e. The number of rotatable bonds is 3. The van der Waals surface area contributed by atoms with Gasteiger partial charge in [0.05, 0.1) is 6.17 Å². The second-order valence-corrected chi connectivity index (χ2v) is 3.93. The SMILES string of the molecule is C=CC1CCCCC1(C=C)C(N)N. The first-order chi connectivity index (χ1) is 6.17. The van der Waals surface area contributed by atoms with Crippen LogP contribution in [0.4, 0.5) is 0 Å². The van der Waals surface area contributed by atoms with Crippen molar-refractivity contribution in [1.29, 1.82) is 0 Å². The first-order valence-corrected chi connectivity index (χ1v) is 4.94. The van der Waals surface area contributed by atoms with Crippen molar-refractivity contribution < 1.29 is 0 Å². The molecular formula is C11H20N2. The van der Waals surface area contributed by atoms with E-state index in [0.717, 1.165) is 12.8 Å². The van der Waals surface area contributed by atoms with Crippen molar-refractivity contribution in [2.24, 2.45) is 22.8 Å². The van der Waals surface area contributed by atoms with Gasteiger partial charge in [-0.3, -0.25) is 0 Å². The summed E-state index contributed by atoms with van der Waals surface area (Å²) in [5, 5.41) is 0. The average Bonchev–Trinajstić information content (AvgIpc) is 2.17. The summed E-state index contributed by atoms with van der Waals surface area (Å²) in [6.45, 7) is 7.72. The van der Waals surface area contributed by atoms with E-state index in [1.54, 1.807) is 0 Å². The predicted molar refractivity (Wildman–Crippen MR) is 56.9 cm³/mol. The van der Waals surface area contributed by atoms with Crippen LogP contribution in [0.15, 0.2) is 25.3 Å². The van der Waals surface area contributed by atoms with E-state index in [9.17, 15) is 0 Å². The van der Waals surface area contributed by atoms with Crippen molar-refractivity contribution in [2.45, 2.75) is 31.8 Å². The summed E-state index contributed by atoms with van der Waals surface area (Å²) in [4.78, 5) is 0. The lowest BCUT2D eigenvalue weighted by Gasteiger charge is -2.43. The summed E-state index contributed by atoms with van der Waals surface area (Å²) in [5.74, 6) is 0.402. The molecule has 0 aromatic heterocycles. The standard InChI is InChI=1S/C11H20N2/c1-3-9-7-5-6-8-11(9,4-2)10(12)13/h3-4,9-10H,1-2,5-8,12-13H2. The van der Waals surface area contributed by atoms with Crippen LogP contribution in [0, 0.1) is 11.3 Å². The van der Waals surface area contributed by atoms with E-state index in [0.29, 0.717) is 5.92 Å². The molecule has 0 bridgehead atoms. The first kappa shape index (κ1) is 10.5. The number of hydrogen-bond acceptors (Lipinski definition) is 2. The van der Waals surface area contributed by atoms with Gasteiger partial charge in [-0.15, -0.1) is 13.2 Å². The van der Waals surface area contributed by atoms with Crippen LogP contribution in [-0.2, 0) is 0 Å². The summed E-state index contributed by atoms with van der Waals surface area (Å²) in [6.07, 6.45) is 8.23. The van der Waals surface area contributed by atoms with Crippen LogP contribution in [0.2, 0.25) is 0 Å². The van der Waals surface area contributed by atoms with Gasteiger partial charge in [-0.05, 0) is 18.8 Å². The average molecular weight is 180 g/mol. The number of allylic oxidation sites excluding steroid dienone is 1. The molecule has 1 fully saturated rings. The van der Waals surface area contributed by atoms with Gasteiger partial charge in [0.1, 0.15) is 0 Å². The van der Waals surface area contributed by atoms with Crippen molar-refractivity contribution in [2.75, 3.05) is 0 Å². The van der Waals surface area contributed by atoms with Gasteiger partial charge in [0.15, 0.2) is 0 Å². The van der Waals surface area contributed by atoms with Crippen molar-refractivity contribution >= 4 is 0 Å². The number of nitrogens with two attached hydrogens (primary N) is 2. The highest BCUT2D eigenvalue weighted by atomic mass is 14.9. The van der Waals surface area contributed by atoms with Crippen LogP contribution in [0.25, 0.3) is 0 Å². The van der Waals surface area contributed by atoms with Gasteiger partial charge in [0.2, 0.25) is 0 Å². The molecule has 4 N–H and O–H groups in total. The summed E-state index contributed by atoms with van der Waals surface area (Å²) in [7, 11) is 0. The van der Waals surface area contributed by atoms with E-state index < -0.39 is 0 Å². The third-order valence-electron chi connectivity index (χ3n) is 3.35. The topological polar surface area (TPSA) is 52.0 Å². The van der Waals surface area contributed by atoms with Gasteiger partial charge >= 0.3 is 0 Å². The lowest BCUT2D eigenvalue weighted by atomic mass is 9.64. The molecule has 2 unspecified atom stereocenters. The Balaban J connectivity index is 2.90. The maximum Gasteiger partial charge on any atom is 0.0620 e. The predicted octanol–water partition coefficient (Wildman–Crippen LogP) is 1.78. The van der Waals surface area contributed by atoms with Gasteiger partial charge in [0.25, 0.3) is 0 Å². The smallest absolute Gasteiger partial charge is 0.0620 e. The highest BCUT2D eigenvalue weighted by molar-refractivity contribution is 5.09. The minimum absolute atomic E-state index is 0.111. The molecular weight excluding hydrogens is 160 g/mol. The minimum atomic E-state index is -0.312. The first-order valence-electron chi connectivity index (χ1n) is 4.94. The van der Waals surface area contributed by atoms with Crippen molar-refractivity contribution in [3.63, 3.8) is 0 Å². The Hall–Kier alpha value is -0.600. The largest absolute Gasteiger partial charge is 0.315 e. The normalized spacial score (nSPS) is 34.5. The second-order valence-electron chi connectivity index (χ2n) is 3.93. The van der Waals surface area contributed by atoms with Crippen molar-refractivity contribution in [3.8, 4) is 0 Å². The Kier molecular flexibility index (Phi) is 3.28. The number of hydrogen-bond donors (Lipinski definition) is 2. The molecule has 1 aliphatic rings. The Morgan fingerprint density at radius 1 is 1.31 bits per heavy atom. The molecule has 0 spiro atoms. The second kappa shape index (κ2) is 4.07. The van der Waals surface area contributed by atoms with Gasteiger partial charge < -0.3 is 11.5 Å². The quantitative estimate of drug-likeness (QED) is 0.514. The van der Waals surface area contributed by atoms with Gasteiger partial charge in [-0.2, -0.15) is 0 Å². The molecule has 0 aromatic carbocycles. The fraction of sp³-hybridized carbons (Fsp3) is 0.636. The highest BCUT2D eigenvalue weighted by Gasteiger charge is 2.39. The Morgan fingerprint density at radius 2 is 2.00 bits per heavy atom. The Bertz CT molecular complexity index is 198. The maximum atomic E-state index is 5.84. The van der Waals surface area contributed by atoms with Gasteiger partial charge in [0, 0.05) is 5.41 Å². The van der Waals surface area contributed by atoms with Crippen molar-refractivity contribution in [1.82, 2.24) is 0 Å². The molecule has 2 nitrogen and oxygen atoms in total.